The second-order valence-electron chi connectivity index (χ2n) is 9.80. The van der Waals surface area contributed by atoms with E-state index in [0.717, 1.165) is 36.4 Å². The molecule has 0 spiro atoms. The Kier molecular flexibility index (Phi) is 6.47. The van der Waals surface area contributed by atoms with Gasteiger partial charge in [0.05, 0.1) is 12.2 Å². The van der Waals surface area contributed by atoms with Crippen LogP contribution in [0.3, 0.4) is 0 Å². The van der Waals surface area contributed by atoms with Gasteiger partial charge in [0.1, 0.15) is 0 Å². The van der Waals surface area contributed by atoms with Crippen LogP contribution in [0.4, 0.5) is 5.13 Å². The first-order valence-corrected chi connectivity index (χ1v) is 12.3. The van der Waals surface area contributed by atoms with E-state index in [1.807, 2.05) is 48.8 Å². The molecule has 0 bridgehead atoms. The molecule has 1 aliphatic heterocycles. The third kappa shape index (κ3) is 5.00. The molecule has 5 nitrogen and oxygen atoms in total. The molecule has 0 radical (unpaired) electrons. The number of hydrogen-bond donors (Lipinski definition) is 0. The van der Waals surface area contributed by atoms with E-state index in [2.05, 4.69) is 12.1 Å². The van der Waals surface area contributed by atoms with Crippen LogP contribution >= 0.6 is 11.3 Å². The predicted molar refractivity (Wildman–Crippen MR) is 125 cm³/mol. The molecule has 0 unspecified atom stereocenters. The van der Waals surface area contributed by atoms with Gasteiger partial charge in [-0.1, -0.05) is 51.1 Å². The van der Waals surface area contributed by atoms with Crippen molar-refractivity contribution in [3.63, 3.8) is 0 Å². The van der Waals surface area contributed by atoms with Crippen molar-refractivity contribution in [2.24, 2.45) is 11.3 Å². The topological polar surface area (TPSA) is 53.5 Å². The zero-order chi connectivity index (χ0) is 22.0. The van der Waals surface area contributed by atoms with Crippen LogP contribution in [-0.4, -0.2) is 34.8 Å². The molecular weight excluding hydrogens is 406 g/mol. The Balaban J connectivity index is 1.52. The van der Waals surface area contributed by atoms with Crippen LogP contribution in [0.1, 0.15) is 62.6 Å². The molecule has 1 aromatic heterocycles. The largest absolute Gasteiger partial charge is 0.342 e. The van der Waals surface area contributed by atoms with Gasteiger partial charge in [-0.2, -0.15) is 0 Å². The summed E-state index contributed by atoms with van der Waals surface area (Å²) in [5.74, 6) is 0.263. The molecule has 31 heavy (non-hydrogen) atoms. The highest BCUT2D eigenvalue weighted by atomic mass is 32.1. The number of benzene rings is 1. The van der Waals surface area contributed by atoms with Crippen molar-refractivity contribution in [1.29, 1.82) is 0 Å². The standard InChI is InChI=1S/C25H33N3O2S/c1-25(2,3)23(30)27-15-13-19(14-16-27)22(29)28(17-18-9-5-4-6-10-18)24-26-20-11-7-8-12-21(20)31-24/h4-6,9-10,19H,7-8,11-17H2,1-3H3. The number of carbonyl (C=O) groups is 2. The number of carbonyl (C=O) groups excluding carboxylic acids is 2. The van der Waals surface area contributed by atoms with E-state index in [9.17, 15) is 9.59 Å². The van der Waals surface area contributed by atoms with Gasteiger partial charge in [0.2, 0.25) is 11.8 Å². The number of amides is 2. The summed E-state index contributed by atoms with van der Waals surface area (Å²) in [5, 5.41) is 0.842. The van der Waals surface area contributed by atoms with E-state index in [1.165, 1.54) is 23.4 Å². The SMILES string of the molecule is CC(C)(C)C(=O)N1CCC(C(=O)N(Cc2ccccc2)c2nc3c(s2)CCCC3)CC1. The maximum absolute atomic E-state index is 13.7. The Bertz CT molecular complexity index is 900. The van der Waals surface area contributed by atoms with Crippen LogP contribution in [0.2, 0.25) is 0 Å². The smallest absolute Gasteiger partial charge is 0.232 e. The molecule has 2 heterocycles. The lowest BCUT2D eigenvalue weighted by Gasteiger charge is -2.36. The summed E-state index contributed by atoms with van der Waals surface area (Å²) in [7, 11) is 0. The molecule has 166 valence electrons. The first-order valence-electron chi connectivity index (χ1n) is 11.5. The molecule has 1 aromatic carbocycles. The normalized spacial score (nSPS) is 17.3. The number of nitrogens with zero attached hydrogens (tertiary/aromatic N) is 3. The number of aryl methyl sites for hydroxylation is 2. The maximum Gasteiger partial charge on any atom is 0.232 e. The molecule has 1 aliphatic carbocycles. The summed E-state index contributed by atoms with van der Waals surface area (Å²) in [6.07, 6.45) is 5.93. The highest BCUT2D eigenvalue weighted by Gasteiger charge is 2.35. The summed E-state index contributed by atoms with van der Waals surface area (Å²) in [6.45, 7) is 7.72. The van der Waals surface area contributed by atoms with Crippen molar-refractivity contribution in [2.45, 2.75) is 65.8 Å². The maximum atomic E-state index is 13.7. The van der Waals surface area contributed by atoms with Crippen molar-refractivity contribution in [3.8, 4) is 0 Å². The molecule has 4 rings (SSSR count). The molecule has 2 aliphatic rings. The van der Waals surface area contributed by atoms with Crippen molar-refractivity contribution in [1.82, 2.24) is 9.88 Å². The van der Waals surface area contributed by atoms with Crippen molar-refractivity contribution in [2.75, 3.05) is 18.0 Å². The fourth-order valence-corrected chi connectivity index (χ4v) is 5.64. The Morgan fingerprint density at radius 1 is 1.10 bits per heavy atom. The molecule has 2 amide bonds. The molecule has 1 fully saturated rings. The number of rotatable bonds is 4. The lowest BCUT2D eigenvalue weighted by molar-refractivity contribution is -0.142. The number of piperidine rings is 1. The third-order valence-corrected chi connectivity index (χ3v) is 7.47. The number of aromatic nitrogens is 1. The molecule has 6 heteroatoms. The third-order valence-electron chi connectivity index (χ3n) is 6.29. The monoisotopic (exact) mass is 439 g/mol. The lowest BCUT2D eigenvalue weighted by Crippen LogP contribution is -2.47. The van der Waals surface area contributed by atoms with Crippen LogP contribution in [0.25, 0.3) is 0 Å². The average Bonchev–Trinajstić information content (AvgIpc) is 3.20. The number of fused-ring (bicyclic) bond motifs is 1. The van der Waals surface area contributed by atoms with E-state index in [1.54, 1.807) is 11.3 Å². The second-order valence-corrected chi connectivity index (χ2v) is 10.9. The summed E-state index contributed by atoms with van der Waals surface area (Å²) >= 11 is 1.69. The predicted octanol–water partition coefficient (Wildman–Crippen LogP) is 4.84. The van der Waals surface area contributed by atoms with Gasteiger partial charge in [0.25, 0.3) is 0 Å². The Hall–Kier alpha value is -2.21. The quantitative estimate of drug-likeness (QED) is 0.685. The summed E-state index contributed by atoms with van der Waals surface area (Å²) in [4.78, 5) is 36.4. The van der Waals surface area contributed by atoms with Gasteiger partial charge in [-0.15, -0.1) is 11.3 Å². The molecule has 0 saturated carbocycles. The van der Waals surface area contributed by atoms with Crippen LogP contribution in [0.5, 0.6) is 0 Å². The van der Waals surface area contributed by atoms with Gasteiger partial charge in [0, 0.05) is 29.3 Å². The highest BCUT2D eigenvalue weighted by molar-refractivity contribution is 7.15. The van der Waals surface area contributed by atoms with Gasteiger partial charge in [-0.25, -0.2) is 4.98 Å². The minimum absolute atomic E-state index is 0.0614. The van der Waals surface area contributed by atoms with Crippen molar-refractivity contribution in [3.05, 3.63) is 46.5 Å². The number of likely N-dealkylation sites (tertiary alicyclic amines) is 1. The van der Waals surface area contributed by atoms with Gasteiger partial charge in [0.15, 0.2) is 5.13 Å². The van der Waals surface area contributed by atoms with Gasteiger partial charge >= 0.3 is 0 Å². The van der Waals surface area contributed by atoms with Crippen molar-refractivity contribution < 1.29 is 9.59 Å². The molecule has 2 aromatic rings. The van der Waals surface area contributed by atoms with E-state index in [-0.39, 0.29) is 23.1 Å². The Labute approximate surface area is 189 Å². The number of hydrogen-bond acceptors (Lipinski definition) is 4. The van der Waals surface area contributed by atoms with E-state index >= 15 is 0 Å². The highest BCUT2D eigenvalue weighted by Crippen LogP contribution is 2.34. The average molecular weight is 440 g/mol. The van der Waals surface area contributed by atoms with Gasteiger partial charge in [-0.3, -0.25) is 14.5 Å². The van der Waals surface area contributed by atoms with E-state index in [0.29, 0.717) is 19.6 Å². The van der Waals surface area contributed by atoms with Crippen LogP contribution in [0.15, 0.2) is 30.3 Å². The van der Waals surface area contributed by atoms with Crippen LogP contribution in [-0.2, 0) is 29.0 Å². The Morgan fingerprint density at radius 2 is 1.77 bits per heavy atom. The van der Waals surface area contributed by atoms with E-state index in [4.69, 9.17) is 4.98 Å². The minimum atomic E-state index is -0.379. The number of thiazole rings is 1. The summed E-state index contributed by atoms with van der Waals surface area (Å²) in [5.41, 5.74) is 1.92. The molecular formula is C25H33N3O2S. The van der Waals surface area contributed by atoms with Crippen molar-refractivity contribution >= 4 is 28.3 Å². The lowest BCUT2D eigenvalue weighted by atomic mass is 9.90. The molecule has 1 saturated heterocycles. The molecule has 0 atom stereocenters. The fourth-order valence-electron chi connectivity index (χ4n) is 4.48. The summed E-state index contributed by atoms with van der Waals surface area (Å²) < 4.78 is 0. The summed E-state index contributed by atoms with van der Waals surface area (Å²) in [6, 6.07) is 10.2. The first-order chi connectivity index (χ1) is 14.8. The van der Waals surface area contributed by atoms with Gasteiger partial charge < -0.3 is 4.90 Å². The number of anilines is 1. The fraction of sp³-hybridized carbons (Fsp3) is 0.560. The zero-order valence-electron chi connectivity index (χ0n) is 18.9. The van der Waals surface area contributed by atoms with Crippen LogP contribution in [0, 0.1) is 11.3 Å². The molecule has 0 N–H and O–H groups in total. The van der Waals surface area contributed by atoms with Crippen LogP contribution < -0.4 is 4.90 Å². The zero-order valence-corrected chi connectivity index (χ0v) is 19.7. The van der Waals surface area contributed by atoms with E-state index < -0.39 is 0 Å². The van der Waals surface area contributed by atoms with Gasteiger partial charge in [-0.05, 0) is 44.1 Å². The Morgan fingerprint density at radius 3 is 2.42 bits per heavy atom. The first kappa shape index (κ1) is 22.0. The minimum Gasteiger partial charge on any atom is -0.342 e. The second kappa shape index (κ2) is 9.11.